The van der Waals surface area contributed by atoms with Gasteiger partial charge in [-0.15, -0.1) is 0 Å². The maximum absolute atomic E-state index is 11.3. The highest BCUT2D eigenvalue weighted by atomic mass is 32.1. The number of ketones is 1. The summed E-state index contributed by atoms with van der Waals surface area (Å²) in [6.07, 6.45) is 2.01. The van der Waals surface area contributed by atoms with Gasteiger partial charge in [0.05, 0.1) is 0 Å². The summed E-state index contributed by atoms with van der Waals surface area (Å²) in [6.45, 7) is 5.26. The summed E-state index contributed by atoms with van der Waals surface area (Å²) >= 11 is 4.23. The van der Waals surface area contributed by atoms with Crippen LogP contribution in [-0.2, 0) is 11.2 Å². The summed E-state index contributed by atoms with van der Waals surface area (Å²) < 4.78 is 5.65. The molecule has 0 aliphatic rings. The fourth-order valence-corrected chi connectivity index (χ4v) is 1.82. The van der Waals surface area contributed by atoms with Gasteiger partial charge in [-0.05, 0) is 31.0 Å². The van der Waals surface area contributed by atoms with Crippen LogP contribution in [0.4, 0.5) is 0 Å². The third-order valence-electron chi connectivity index (χ3n) is 2.80. The molecule has 0 aromatic heterocycles. The van der Waals surface area contributed by atoms with Crippen molar-refractivity contribution in [2.75, 3.05) is 13.2 Å². The Bertz CT molecular complexity index is 393. The zero-order chi connectivity index (χ0) is 14.1. The fraction of sp³-hybridized carbons (Fsp3) is 0.533. The third kappa shape index (κ3) is 7.23. The summed E-state index contributed by atoms with van der Waals surface area (Å²) in [7, 11) is 0. The van der Waals surface area contributed by atoms with Gasteiger partial charge in [-0.2, -0.15) is 12.6 Å². The predicted octanol–water partition coefficient (Wildman–Crippen LogP) is 2.84. The molecular formula is C15H23NO2S. The molecule has 1 atom stereocenters. The van der Waals surface area contributed by atoms with Crippen molar-refractivity contribution in [2.45, 2.75) is 38.5 Å². The molecule has 0 aliphatic heterocycles. The summed E-state index contributed by atoms with van der Waals surface area (Å²) in [5.41, 5.74) is 1.15. The number of thiol groups is 1. The Kier molecular flexibility index (Phi) is 7.60. The van der Waals surface area contributed by atoms with E-state index < -0.39 is 0 Å². The van der Waals surface area contributed by atoms with Crippen LogP contribution in [0.2, 0.25) is 0 Å². The van der Waals surface area contributed by atoms with E-state index in [4.69, 9.17) is 4.74 Å². The van der Waals surface area contributed by atoms with Crippen LogP contribution in [0.5, 0.6) is 5.75 Å². The summed E-state index contributed by atoms with van der Waals surface area (Å²) in [6, 6.07) is 7.95. The molecule has 3 nitrogen and oxygen atoms in total. The molecule has 4 heteroatoms. The zero-order valence-electron chi connectivity index (χ0n) is 11.7. The first-order valence-corrected chi connectivity index (χ1v) is 7.28. The number of carbonyl (C=O) groups is 1. The molecule has 1 aromatic rings. The summed E-state index contributed by atoms with van der Waals surface area (Å²) in [4.78, 5) is 11.3. The molecule has 1 N–H and O–H groups in total. The average molecular weight is 281 g/mol. The van der Waals surface area contributed by atoms with E-state index in [2.05, 4.69) is 17.9 Å². The topological polar surface area (TPSA) is 38.3 Å². The maximum atomic E-state index is 11.3. The predicted molar refractivity (Wildman–Crippen MR) is 82.0 cm³/mol. The lowest BCUT2D eigenvalue weighted by molar-refractivity contribution is -0.118. The van der Waals surface area contributed by atoms with Crippen LogP contribution in [0.3, 0.4) is 0 Å². The first-order valence-electron chi connectivity index (χ1n) is 6.76. The smallest absolute Gasteiger partial charge is 0.132 e. The van der Waals surface area contributed by atoms with E-state index in [0.29, 0.717) is 25.2 Å². The molecule has 0 fully saturated rings. The van der Waals surface area contributed by atoms with Crippen LogP contribution in [0, 0.1) is 0 Å². The van der Waals surface area contributed by atoms with Gasteiger partial charge in [0, 0.05) is 24.8 Å². The number of benzene rings is 1. The molecule has 0 radical (unpaired) electrons. The lowest BCUT2D eigenvalue weighted by Crippen LogP contribution is -2.26. The fourth-order valence-electron chi connectivity index (χ4n) is 1.69. The minimum Gasteiger partial charge on any atom is -0.492 e. The van der Waals surface area contributed by atoms with Crippen LogP contribution in [0.25, 0.3) is 0 Å². The van der Waals surface area contributed by atoms with Gasteiger partial charge in [0.25, 0.3) is 0 Å². The Balaban J connectivity index is 2.37. The standard InChI is InChI=1S/C15H23NO2S/c1-3-14(17)8-7-13-5-4-6-15(11-13)18-10-9-16-12(2)19/h4-6,11-12,16,19H,3,7-10H2,1-2H3. The molecule has 0 heterocycles. The van der Waals surface area contributed by atoms with Gasteiger partial charge in [0.2, 0.25) is 0 Å². The van der Waals surface area contributed by atoms with Gasteiger partial charge >= 0.3 is 0 Å². The number of hydrogen-bond donors (Lipinski definition) is 2. The number of Topliss-reactive ketones (excluding diaryl/α,β-unsaturated/α-hetero) is 1. The minimum absolute atomic E-state index is 0.176. The number of hydrogen-bond acceptors (Lipinski definition) is 4. The van der Waals surface area contributed by atoms with Crippen LogP contribution in [0.1, 0.15) is 32.3 Å². The minimum atomic E-state index is 0.176. The second kappa shape index (κ2) is 8.99. The number of rotatable bonds is 9. The van der Waals surface area contributed by atoms with Crippen molar-refractivity contribution in [3.05, 3.63) is 29.8 Å². The number of ether oxygens (including phenoxy) is 1. The van der Waals surface area contributed by atoms with Gasteiger partial charge < -0.3 is 10.1 Å². The molecule has 1 aromatic carbocycles. The highest BCUT2D eigenvalue weighted by Gasteiger charge is 2.01. The highest BCUT2D eigenvalue weighted by molar-refractivity contribution is 7.80. The third-order valence-corrected chi connectivity index (χ3v) is 2.98. The zero-order valence-corrected chi connectivity index (χ0v) is 12.6. The Hall–Kier alpha value is -1.00. The van der Waals surface area contributed by atoms with Crippen molar-refractivity contribution in [3.8, 4) is 5.75 Å². The van der Waals surface area contributed by atoms with E-state index in [0.717, 1.165) is 24.3 Å². The quantitative estimate of drug-likeness (QED) is 0.415. The van der Waals surface area contributed by atoms with Crippen molar-refractivity contribution >= 4 is 18.4 Å². The molecule has 0 spiro atoms. The van der Waals surface area contributed by atoms with Gasteiger partial charge in [-0.3, -0.25) is 4.79 Å². The van der Waals surface area contributed by atoms with Crippen LogP contribution in [-0.4, -0.2) is 24.3 Å². The van der Waals surface area contributed by atoms with Crippen molar-refractivity contribution in [3.63, 3.8) is 0 Å². The lowest BCUT2D eigenvalue weighted by atomic mass is 10.1. The van der Waals surface area contributed by atoms with E-state index in [1.807, 2.05) is 38.1 Å². The molecule has 0 saturated heterocycles. The van der Waals surface area contributed by atoms with Crippen molar-refractivity contribution in [1.82, 2.24) is 5.32 Å². The largest absolute Gasteiger partial charge is 0.492 e. The highest BCUT2D eigenvalue weighted by Crippen LogP contribution is 2.14. The van der Waals surface area contributed by atoms with Gasteiger partial charge in [-0.25, -0.2) is 0 Å². The molecule has 1 rings (SSSR count). The summed E-state index contributed by atoms with van der Waals surface area (Å²) in [5.74, 6) is 1.16. The van der Waals surface area contributed by atoms with E-state index in [1.54, 1.807) is 0 Å². The van der Waals surface area contributed by atoms with Crippen LogP contribution >= 0.6 is 12.6 Å². The average Bonchev–Trinajstić information content (AvgIpc) is 2.41. The van der Waals surface area contributed by atoms with Crippen molar-refractivity contribution < 1.29 is 9.53 Å². The SMILES string of the molecule is CCC(=O)CCc1cccc(OCCNC(C)S)c1. The van der Waals surface area contributed by atoms with E-state index in [1.165, 1.54) is 0 Å². The van der Waals surface area contributed by atoms with Crippen LogP contribution < -0.4 is 10.1 Å². The van der Waals surface area contributed by atoms with E-state index in [9.17, 15) is 4.79 Å². The molecule has 1 unspecified atom stereocenters. The molecule has 0 amide bonds. The lowest BCUT2D eigenvalue weighted by Gasteiger charge is -2.10. The maximum Gasteiger partial charge on any atom is 0.132 e. The van der Waals surface area contributed by atoms with Crippen molar-refractivity contribution in [1.29, 1.82) is 0 Å². The molecule has 0 bridgehead atoms. The molecule has 106 valence electrons. The molecule has 0 saturated carbocycles. The Morgan fingerprint density at radius 3 is 2.95 bits per heavy atom. The monoisotopic (exact) mass is 281 g/mol. The second-order valence-corrected chi connectivity index (χ2v) is 5.29. The van der Waals surface area contributed by atoms with E-state index in [-0.39, 0.29) is 5.37 Å². The Labute approximate surface area is 121 Å². The first kappa shape index (κ1) is 16.1. The van der Waals surface area contributed by atoms with Gasteiger partial charge in [0.1, 0.15) is 18.1 Å². The van der Waals surface area contributed by atoms with Crippen LogP contribution in [0.15, 0.2) is 24.3 Å². The van der Waals surface area contributed by atoms with Gasteiger partial charge in [-0.1, -0.05) is 19.1 Å². The number of carbonyl (C=O) groups excluding carboxylic acids is 1. The van der Waals surface area contributed by atoms with Gasteiger partial charge in [0.15, 0.2) is 0 Å². The second-order valence-electron chi connectivity index (χ2n) is 4.52. The van der Waals surface area contributed by atoms with E-state index >= 15 is 0 Å². The molecule has 0 aliphatic carbocycles. The first-order chi connectivity index (χ1) is 9.11. The number of aryl methyl sites for hydroxylation is 1. The summed E-state index contributed by atoms with van der Waals surface area (Å²) in [5, 5.41) is 3.35. The van der Waals surface area contributed by atoms with Crippen molar-refractivity contribution in [2.24, 2.45) is 0 Å². The Morgan fingerprint density at radius 1 is 1.47 bits per heavy atom. The Morgan fingerprint density at radius 2 is 2.26 bits per heavy atom. The normalized spacial score (nSPS) is 12.2. The number of nitrogens with one attached hydrogen (secondary N) is 1. The molecular weight excluding hydrogens is 258 g/mol. The molecule has 19 heavy (non-hydrogen) atoms.